The van der Waals surface area contributed by atoms with Crippen molar-refractivity contribution in [1.29, 1.82) is 0 Å². The molecule has 0 saturated carbocycles. The van der Waals surface area contributed by atoms with Gasteiger partial charge in [0.2, 0.25) is 5.95 Å². The SMILES string of the molecule is Fc1ccccc1CC1CCN(Cc2cnc(NC[C@H]3CCCO3)nc2)CC1. The number of halogens is 1. The number of aromatic nitrogens is 2. The second-order valence-corrected chi connectivity index (χ2v) is 7.95. The lowest BCUT2D eigenvalue weighted by Gasteiger charge is -2.32. The van der Waals surface area contributed by atoms with Gasteiger partial charge in [-0.25, -0.2) is 14.4 Å². The first-order chi connectivity index (χ1) is 13.8. The summed E-state index contributed by atoms with van der Waals surface area (Å²) in [6, 6.07) is 7.15. The van der Waals surface area contributed by atoms with Crippen molar-refractivity contribution in [2.75, 3.05) is 31.6 Å². The number of hydrogen-bond acceptors (Lipinski definition) is 5. The molecule has 0 spiro atoms. The fraction of sp³-hybridized carbons (Fsp3) is 0.545. The molecule has 150 valence electrons. The van der Waals surface area contributed by atoms with E-state index in [0.717, 1.165) is 76.0 Å². The molecule has 0 amide bonds. The molecule has 2 aliphatic rings. The molecule has 0 unspecified atom stereocenters. The topological polar surface area (TPSA) is 50.3 Å². The summed E-state index contributed by atoms with van der Waals surface area (Å²) in [7, 11) is 0. The van der Waals surface area contributed by atoms with Gasteiger partial charge in [-0.1, -0.05) is 18.2 Å². The molecular formula is C22H29FN4O. The van der Waals surface area contributed by atoms with Crippen molar-refractivity contribution in [2.24, 2.45) is 5.92 Å². The van der Waals surface area contributed by atoms with Crippen LogP contribution in [0, 0.1) is 11.7 Å². The van der Waals surface area contributed by atoms with Crippen molar-refractivity contribution in [1.82, 2.24) is 14.9 Å². The van der Waals surface area contributed by atoms with Gasteiger partial charge >= 0.3 is 0 Å². The first-order valence-corrected chi connectivity index (χ1v) is 10.4. The number of ether oxygens (including phenoxy) is 1. The Hall–Kier alpha value is -2.05. The number of hydrogen-bond donors (Lipinski definition) is 1. The normalized spacial score (nSPS) is 21.1. The van der Waals surface area contributed by atoms with Crippen LogP contribution in [0.15, 0.2) is 36.7 Å². The van der Waals surface area contributed by atoms with Gasteiger partial charge in [0, 0.05) is 37.7 Å². The van der Waals surface area contributed by atoms with Crippen molar-refractivity contribution in [3.8, 4) is 0 Å². The predicted octanol–water partition coefficient (Wildman–Crippen LogP) is 3.66. The maximum Gasteiger partial charge on any atom is 0.222 e. The van der Waals surface area contributed by atoms with E-state index >= 15 is 0 Å². The minimum absolute atomic E-state index is 0.0738. The second-order valence-electron chi connectivity index (χ2n) is 7.95. The Balaban J connectivity index is 1.20. The maximum absolute atomic E-state index is 13.8. The summed E-state index contributed by atoms with van der Waals surface area (Å²) in [6.45, 7) is 4.59. The highest BCUT2D eigenvalue weighted by molar-refractivity contribution is 5.25. The molecule has 2 aliphatic heterocycles. The molecule has 5 nitrogen and oxygen atoms in total. The molecule has 0 radical (unpaired) electrons. The average molecular weight is 384 g/mol. The van der Waals surface area contributed by atoms with Crippen LogP contribution in [0.4, 0.5) is 10.3 Å². The maximum atomic E-state index is 13.8. The van der Waals surface area contributed by atoms with Gasteiger partial charge in [-0.3, -0.25) is 4.90 Å². The zero-order valence-electron chi connectivity index (χ0n) is 16.3. The van der Waals surface area contributed by atoms with Crippen LogP contribution in [0.3, 0.4) is 0 Å². The van der Waals surface area contributed by atoms with Gasteiger partial charge in [0.25, 0.3) is 0 Å². The fourth-order valence-electron chi connectivity index (χ4n) is 4.12. The van der Waals surface area contributed by atoms with Crippen LogP contribution in [0.2, 0.25) is 0 Å². The number of nitrogens with zero attached hydrogens (tertiary/aromatic N) is 3. The Bertz CT molecular complexity index is 740. The Labute approximate surface area is 166 Å². The fourth-order valence-corrected chi connectivity index (χ4v) is 4.12. The average Bonchev–Trinajstić information content (AvgIpc) is 3.24. The largest absolute Gasteiger partial charge is 0.376 e. The highest BCUT2D eigenvalue weighted by Crippen LogP contribution is 2.24. The Morgan fingerprint density at radius 2 is 1.89 bits per heavy atom. The molecule has 28 heavy (non-hydrogen) atoms. The molecule has 1 atom stereocenters. The summed E-state index contributed by atoms with van der Waals surface area (Å²) in [5.74, 6) is 1.16. The van der Waals surface area contributed by atoms with Crippen molar-refractivity contribution in [2.45, 2.75) is 44.8 Å². The highest BCUT2D eigenvalue weighted by Gasteiger charge is 2.21. The number of piperidine rings is 1. The van der Waals surface area contributed by atoms with E-state index in [9.17, 15) is 4.39 Å². The van der Waals surface area contributed by atoms with E-state index in [1.54, 1.807) is 12.1 Å². The summed E-state index contributed by atoms with van der Waals surface area (Å²) in [6.07, 6.45) is 9.42. The number of rotatable bonds is 7. The van der Waals surface area contributed by atoms with E-state index in [1.165, 1.54) is 0 Å². The molecule has 3 heterocycles. The van der Waals surface area contributed by atoms with Crippen LogP contribution in [-0.4, -0.2) is 47.2 Å². The quantitative estimate of drug-likeness (QED) is 0.790. The molecule has 2 aromatic rings. The van der Waals surface area contributed by atoms with Crippen molar-refractivity contribution < 1.29 is 9.13 Å². The molecule has 0 bridgehead atoms. The van der Waals surface area contributed by atoms with Gasteiger partial charge in [-0.2, -0.15) is 0 Å². The van der Waals surface area contributed by atoms with Crippen LogP contribution >= 0.6 is 0 Å². The summed E-state index contributed by atoms with van der Waals surface area (Å²) in [4.78, 5) is 11.3. The van der Waals surface area contributed by atoms with Crippen LogP contribution in [0.1, 0.15) is 36.8 Å². The van der Waals surface area contributed by atoms with Gasteiger partial charge in [-0.05, 0) is 62.7 Å². The molecule has 6 heteroatoms. The van der Waals surface area contributed by atoms with Crippen molar-refractivity contribution in [3.63, 3.8) is 0 Å². The third-order valence-electron chi connectivity index (χ3n) is 5.80. The summed E-state index contributed by atoms with van der Waals surface area (Å²) in [5, 5.41) is 3.26. The van der Waals surface area contributed by atoms with Crippen LogP contribution in [0.5, 0.6) is 0 Å². The molecule has 1 N–H and O–H groups in total. The van der Waals surface area contributed by atoms with Crippen molar-refractivity contribution in [3.05, 3.63) is 53.6 Å². The van der Waals surface area contributed by atoms with Crippen LogP contribution < -0.4 is 5.32 Å². The lowest BCUT2D eigenvalue weighted by Crippen LogP contribution is -2.34. The van der Waals surface area contributed by atoms with Gasteiger partial charge in [0.1, 0.15) is 5.82 Å². The van der Waals surface area contributed by atoms with E-state index < -0.39 is 0 Å². The molecule has 1 aromatic carbocycles. The highest BCUT2D eigenvalue weighted by atomic mass is 19.1. The number of likely N-dealkylation sites (tertiary alicyclic amines) is 1. The lowest BCUT2D eigenvalue weighted by molar-refractivity contribution is 0.120. The van der Waals surface area contributed by atoms with Gasteiger partial charge in [-0.15, -0.1) is 0 Å². The molecule has 4 rings (SSSR count). The summed E-state index contributed by atoms with van der Waals surface area (Å²) < 4.78 is 19.5. The van der Waals surface area contributed by atoms with Gasteiger partial charge in [0.05, 0.1) is 6.10 Å². The molecule has 0 aliphatic carbocycles. The summed E-state index contributed by atoms with van der Waals surface area (Å²) in [5.41, 5.74) is 1.98. The Morgan fingerprint density at radius 3 is 2.61 bits per heavy atom. The third-order valence-corrected chi connectivity index (χ3v) is 5.80. The van der Waals surface area contributed by atoms with E-state index in [2.05, 4.69) is 20.2 Å². The zero-order chi connectivity index (χ0) is 19.2. The number of anilines is 1. The summed E-state index contributed by atoms with van der Waals surface area (Å²) >= 11 is 0. The molecular weight excluding hydrogens is 355 g/mol. The molecule has 2 saturated heterocycles. The Morgan fingerprint density at radius 1 is 1.11 bits per heavy atom. The monoisotopic (exact) mass is 384 g/mol. The smallest absolute Gasteiger partial charge is 0.222 e. The predicted molar refractivity (Wildman–Crippen MR) is 108 cm³/mol. The number of benzene rings is 1. The first-order valence-electron chi connectivity index (χ1n) is 10.4. The van der Waals surface area contributed by atoms with Gasteiger partial charge in [0.15, 0.2) is 0 Å². The van der Waals surface area contributed by atoms with Crippen LogP contribution in [-0.2, 0) is 17.7 Å². The van der Waals surface area contributed by atoms with E-state index in [0.29, 0.717) is 11.9 Å². The lowest BCUT2D eigenvalue weighted by atomic mass is 9.90. The van der Waals surface area contributed by atoms with E-state index in [1.807, 2.05) is 24.5 Å². The number of nitrogens with one attached hydrogen (secondary N) is 1. The zero-order valence-corrected chi connectivity index (χ0v) is 16.3. The first kappa shape index (κ1) is 19.3. The van der Waals surface area contributed by atoms with Crippen molar-refractivity contribution >= 4 is 5.95 Å². The van der Waals surface area contributed by atoms with Gasteiger partial charge < -0.3 is 10.1 Å². The minimum Gasteiger partial charge on any atom is -0.376 e. The van der Waals surface area contributed by atoms with Crippen LogP contribution in [0.25, 0.3) is 0 Å². The third kappa shape index (κ3) is 5.26. The standard InChI is InChI=1S/C22H29FN4O/c23-21-6-2-1-4-19(21)12-17-7-9-27(10-8-17)16-18-13-24-22(25-14-18)26-15-20-5-3-11-28-20/h1-2,4,6,13-14,17,20H,3,5,7-12,15-16H2,(H,24,25,26)/t20-/m1/s1. The molecule has 2 fully saturated rings. The minimum atomic E-state index is -0.0738. The van der Waals surface area contributed by atoms with E-state index in [4.69, 9.17) is 4.74 Å². The molecule has 1 aromatic heterocycles. The van der Waals surface area contributed by atoms with E-state index in [-0.39, 0.29) is 11.9 Å². The second kappa shape index (κ2) is 9.43. The Kier molecular flexibility index (Phi) is 6.49.